The van der Waals surface area contributed by atoms with E-state index >= 15 is 0 Å². The van der Waals surface area contributed by atoms with Gasteiger partial charge in [0.15, 0.2) is 0 Å². The largest absolute Gasteiger partial charge is 0.447 e. The highest BCUT2D eigenvalue weighted by molar-refractivity contribution is 5.98. The second-order valence-corrected chi connectivity index (χ2v) is 17.7. The number of hydrogen-bond donors (Lipinski definition) is 4. The molecule has 4 N–H and O–H groups in total. The number of aliphatic hydroxyl groups excluding tert-OH is 3. The zero-order valence-corrected chi connectivity index (χ0v) is 36.4. The maximum atomic E-state index is 14.0. The number of ketones is 1. The lowest BCUT2D eigenvalue weighted by atomic mass is 9.72. The topological polar surface area (TPSA) is 134 Å². The fraction of sp³-hybridized carbons (Fsp3) is 0.551. The van der Waals surface area contributed by atoms with Gasteiger partial charge in [-0.1, -0.05) is 124 Å². The van der Waals surface area contributed by atoms with E-state index in [9.17, 15) is 30.0 Å². The maximum Gasteiger partial charge on any atom is 0.331 e. The molecule has 57 heavy (non-hydrogen) atoms. The number of carbonyl (C=O) groups excluding carboxylic acids is 2. The van der Waals surface area contributed by atoms with Gasteiger partial charge < -0.3 is 29.9 Å². The summed E-state index contributed by atoms with van der Waals surface area (Å²) in [5.41, 5.74) is 6.41. The number of ether oxygens (including phenoxy) is 2. The van der Waals surface area contributed by atoms with E-state index in [1.54, 1.807) is 39.0 Å². The number of carbonyl (C=O) groups is 2. The average Bonchev–Trinajstić information content (AvgIpc) is 3.11. The molecule has 0 aromatic heterocycles. The molecule has 0 amide bonds. The Labute approximate surface area is 342 Å². The molecule has 0 radical (unpaired) electrons. The standard InChI is InChI=1S/C49H70O8/c1-12-27-48(57-43(52)31-36(5)20-14-18-34(3)24-26-40-38(7)22-16-29-47(40,10)11)45(54)44(53)41(32-50)56-49(48,55)42(51)30-35(4)19-13-17-33(2)23-25-39-37(6)21-15-28-46(39,8)9/h13-14,17-20,23-26,30-31,41,44-45,50,53-55H,12,15-16,21-22,27-29,32H2,1-11H3/t41-,44-,45+,48-,49?/m1/s1. The van der Waals surface area contributed by atoms with Crippen molar-refractivity contribution in [2.24, 2.45) is 10.8 Å². The van der Waals surface area contributed by atoms with Gasteiger partial charge in [0.25, 0.3) is 5.79 Å². The van der Waals surface area contributed by atoms with Crippen LogP contribution in [0, 0.1) is 10.8 Å². The first-order valence-corrected chi connectivity index (χ1v) is 20.6. The van der Waals surface area contributed by atoms with Crippen molar-refractivity contribution in [2.75, 3.05) is 6.61 Å². The predicted molar refractivity (Wildman–Crippen MR) is 230 cm³/mol. The summed E-state index contributed by atoms with van der Waals surface area (Å²) >= 11 is 0. The van der Waals surface area contributed by atoms with Crippen molar-refractivity contribution in [1.82, 2.24) is 0 Å². The summed E-state index contributed by atoms with van der Waals surface area (Å²) in [6.07, 6.45) is 23.4. The zero-order chi connectivity index (χ0) is 42.8. The molecule has 1 heterocycles. The van der Waals surface area contributed by atoms with E-state index in [2.05, 4.69) is 65.8 Å². The third kappa shape index (κ3) is 12.0. The highest BCUT2D eigenvalue weighted by atomic mass is 16.7. The monoisotopic (exact) mass is 787 g/mol. The SMILES string of the molecule is CCC[C@@]1(OC(=O)C=C(C)C=CC=C(C)C=CC2=C(C)CCCC2(C)C)[C@@H](O)[C@H](O)[C@@H](CO)OC1(O)C(=O)C=C(C)C=CC=C(C)C=CC1=C(C)CCCC1(C)C. The molecule has 0 aromatic carbocycles. The van der Waals surface area contributed by atoms with Crippen LogP contribution < -0.4 is 0 Å². The molecular weight excluding hydrogens is 717 g/mol. The third-order valence-electron chi connectivity index (χ3n) is 11.7. The summed E-state index contributed by atoms with van der Waals surface area (Å²) in [4.78, 5) is 27.5. The van der Waals surface area contributed by atoms with E-state index in [4.69, 9.17) is 9.47 Å². The van der Waals surface area contributed by atoms with Gasteiger partial charge in [0.2, 0.25) is 11.4 Å². The van der Waals surface area contributed by atoms with E-state index in [1.165, 1.54) is 41.2 Å². The van der Waals surface area contributed by atoms with Crippen LogP contribution in [0.25, 0.3) is 0 Å². The Hall–Kier alpha value is -3.66. The summed E-state index contributed by atoms with van der Waals surface area (Å²) in [7, 11) is 0. The van der Waals surface area contributed by atoms with Crippen LogP contribution in [0.15, 0.2) is 117 Å². The lowest BCUT2D eigenvalue weighted by Crippen LogP contribution is -2.76. The lowest BCUT2D eigenvalue weighted by molar-refractivity contribution is -0.370. The molecule has 5 atom stereocenters. The molecule has 8 heteroatoms. The minimum Gasteiger partial charge on any atom is -0.447 e. The molecule has 3 aliphatic rings. The molecule has 3 rings (SSSR count). The van der Waals surface area contributed by atoms with E-state index in [-0.39, 0.29) is 23.7 Å². The Bertz CT molecular complexity index is 1790. The van der Waals surface area contributed by atoms with E-state index < -0.39 is 48.1 Å². The van der Waals surface area contributed by atoms with Crippen LogP contribution >= 0.6 is 0 Å². The molecule has 2 aliphatic carbocycles. The molecule has 1 aliphatic heterocycles. The molecule has 1 fully saturated rings. The van der Waals surface area contributed by atoms with Crippen LogP contribution in [0.5, 0.6) is 0 Å². The average molecular weight is 787 g/mol. The van der Waals surface area contributed by atoms with Gasteiger partial charge in [-0.25, -0.2) is 4.79 Å². The summed E-state index contributed by atoms with van der Waals surface area (Å²) in [6, 6.07) is 0. The predicted octanol–water partition coefficient (Wildman–Crippen LogP) is 9.50. The number of aliphatic hydroxyl groups is 4. The first-order valence-electron chi connectivity index (χ1n) is 20.6. The maximum absolute atomic E-state index is 14.0. The molecule has 0 aromatic rings. The Morgan fingerprint density at radius 1 is 0.772 bits per heavy atom. The van der Waals surface area contributed by atoms with Gasteiger partial charge in [0.1, 0.15) is 18.3 Å². The lowest BCUT2D eigenvalue weighted by Gasteiger charge is -2.53. The third-order valence-corrected chi connectivity index (χ3v) is 11.7. The first-order chi connectivity index (χ1) is 26.6. The minimum absolute atomic E-state index is 0.125. The Morgan fingerprint density at radius 2 is 1.25 bits per heavy atom. The van der Waals surface area contributed by atoms with Gasteiger partial charge in [-0.2, -0.15) is 0 Å². The van der Waals surface area contributed by atoms with Crippen molar-refractivity contribution in [3.8, 4) is 0 Å². The molecule has 0 bridgehead atoms. The summed E-state index contributed by atoms with van der Waals surface area (Å²) in [5.74, 6) is -4.89. The normalized spacial score (nSPS) is 29.4. The fourth-order valence-corrected chi connectivity index (χ4v) is 8.41. The minimum atomic E-state index is -2.93. The van der Waals surface area contributed by atoms with Crippen LogP contribution in [0.3, 0.4) is 0 Å². The van der Waals surface area contributed by atoms with Gasteiger partial charge in [-0.15, -0.1) is 0 Å². The molecular formula is C49H70O8. The molecule has 0 spiro atoms. The summed E-state index contributed by atoms with van der Waals surface area (Å²) in [6.45, 7) is 21.8. The smallest absolute Gasteiger partial charge is 0.331 e. The highest BCUT2D eigenvalue weighted by Crippen LogP contribution is 2.45. The van der Waals surface area contributed by atoms with Gasteiger partial charge >= 0.3 is 5.97 Å². The van der Waals surface area contributed by atoms with Crippen molar-refractivity contribution in [2.45, 2.75) is 157 Å². The van der Waals surface area contributed by atoms with Crippen LogP contribution in [0.4, 0.5) is 0 Å². The van der Waals surface area contributed by atoms with Crippen LogP contribution in [0.1, 0.15) is 128 Å². The van der Waals surface area contributed by atoms with Gasteiger partial charge in [-0.3, -0.25) is 4.79 Å². The Morgan fingerprint density at radius 3 is 1.68 bits per heavy atom. The second kappa shape index (κ2) is 20.3. The van der Waals surface area contributed by atoms with Gasteiger partial charge in [0, 0.05) is 6.08 Å². The Kier molecular flexibility index (Phi) is 17.0. The molecule has 1 saturated heterocycles. The van der Waals surface area contributed by atoms with Crippen LogP contribution in [-0.4, -0.2) is 68.5 Å². The van der Waals surface area contributed by atoms with Gasteiger partial charge in [-0.05, 0) is 126 Å². The molecule has 1 unspecified atom stereocenters. The number of esters is 1. The summed E-state index contributed by atoms with van der Waals surface area (Å²) in [5, 5.41) is 44.5. The van der Waals surface area contributed by atoms with Crippen molar-refractivity contribution in [3.05, 3.63) is 117 Å². The van der Waals surface area contributed by atoms with E-state index in [1.807, 2.05) is 32.1 Å². The quantitative estimate of drug-likeness (QED) is 0.0733. The summed E-state index contributed by atoms with van der Waals surface area (Å²) < 4.78 is 11.5. The van der Waals surface area contributed by atoms with Crippen molar-refractivity contribution < 1.29 is 39.5 Å². The number of allylic oxidation sites excluding steroid dienone is 18. The fourth-order valence-electron chi connectivity index (χ4n) is 8.41. The molecule has 8 nitrogen and oxygen atoms in total. The highest BCUT2D eigenvalue weighted by Gasteiger charge is 2.69. The van der Waals surface area contributed by atoms with Crippen LogP contribution in [-0.2, 0) is 19.1 Å². The zero-order valence-electron chi connectivity index (χ0n) is 36.4. The molecule has 0 saturated carbocycles. The van der Waals surface area contributed by atoms with E-state index in [0.717, 1.165) is 42.9 Å². The second-order valence-electron chi connectivity index (χ2n) is 17.7. The number of rotatable bonds is 15. The van der Waals surface area contributed by atoms with Gasteiger partial charge in [0.05, 0.1) is 6.61 Å². The molecule has 314 valence electrons. The Balaban J connectivity index is 1.86. The van der Waals surface area contributed by atoms with E-state index in [0.29, 0.717) is 11.1 Å². The van der Waals surface area contributed by atoms with Crippen molar-refractivity contribution in [1.29, 1.82) is 0 Å². The van der Waals surface area contributed by atoms with Crippen molar-refractivity contribution >= 4 is 11.8 Å². The van der Waals surface area contributed by atoms with Crippen molar-refractivity contribution in [3.63, 3.8) is 0 Å². The first kappa shape index (κ1) is 47.7. The van der Waals surface area contributed by atoms with Crippen LogP contribution in [0.2, 0.25) is 0 Å². The number of hydrogen-bond acceptors (Lipinski definition) is 8.